The Labute approximate surface area is 127 Å². The molecule has 1 aromatic heterocycles. The van der Waals surface area contributed by atoms with Crippen LogP contribution >= 0.6 is 43.2 Å². The molecule has 18 heavy (non-hydrogen) atoms. The average molecular weight is 389 g/mol. The van der Waals surface area contributed by atoms with Crippen LogP contribution in [0.5, 0.6) is 0 Å². The second kappa shape index (κ2) is 5.99. The molecule has 94 valence electrons. The molecule has 2 nitrogen and oxygen atoms in total. The second-order valence-corrected chi connectivity index (χ2v) is 6.60. The summed E-state index contributed by atoms with van der Waals surface area (Å²) in [6.07, 6.45) is 0. The molecule has 1 aromatic carbocycles. The summed E-state index contributed by atoms with van der Waals surface area (Å²) in [5, 5.41) is 4.96. The molecule has 0 aliphatic heterocycles. The van der Waals surface area contributed by atoms with Gasteiger partial charge in [0.1, 0.15) is 0 Å². The second-order valence-electron chi connectivity index (χ2n) is 3.83. The Balaban J connectivity index is 2.06. The van der Waals surface area contributed by atoms with Crippen LogP contribution in [0.2, 0.25) is 0 Å². The monoisotopic (exact) mass is 387 g/mol. The van der Waals surface area contributed by atoms with Gasteiger partial charge in [0.05, 0.1) is 12.1 Å². The van der Waals surface area contributed by atoms with Crippen molar-refractivity contribution in [3.05, 3.63) is 54.6 Å². The van der Waals surface area contributed by atoms with Gasteiger partial charge in [-0.1, -0.05) is 15.9 Å². The molecule has 2 rings (SSSR count). The summed E-state index contributed by atoms with van der Waals surface area (Å²) >= 11 is 8.42. The Hall–Kier alpha value is -0.650. The Morgan fingerprint density at radius 3 is 2.72 bits per heavy atom. The van der Waals surface area contributed by atoms with E-state index in [9.17, 15) is 4.79 Å². The van der Waals surface area contributed by atoms with E-state index in [1.165, 1.54) is 10.4 Å². The normalized spacial score (nSPS) is 10.4. The molecule has 0 radical (unpaired) electrons. The number of hydrogen-bond acceptors (Lipinski definition) is 2. The maximum atomic E-state index is 12.0. The molecular formula is C13H11Br2NOS. The maximum Gasteiger partial charge on any atom is 0.252 e. The van der Waals surface area contributed by atoms with Crippen molar-refractivity contribution in [3.8, 4) is 0 Å². The Kier molecular flexibility index (Phi) is 4.59. The summed E-state index contributed by atoms with van der Waals surface area (Å²) in [7, 11) is 0. The van der Waals surface area contributed by atoms with Crippen LogP contribution in [0.15, 0.2) is 38.6 Å². The van der Waals surface area contributed by atoms with Crippen molar-refractivity contribution >= 4 is 49.1 Å². The summed E-state index contributed by atoms with van der Waals surface area (Å²) in [6, 6.07) is 7.58. The fraction of sp³-hybridized carbons (Fsp3) is 0.154. The van der Waals surface area contributed by atoms with E-state index in [0.717, 1.165) is 8.95 Å². The summed E-state index contributed by atoms with van der Waals surface area (Å²) in [5.41, 5.74) is 1.86. The van der Waals surface area contributed by atoms with Gasteiger partial charge < -0.3 is 5.32 Å². The summed E-state index contributed by atoms with van der Waals surface area (Å²) in [4.78, 5) is 13.2. The van der Waals surface area contributed by atoms with Gasteiger partial charge in [0.15, 0.2) is 0 Å². The molecular weight excluding hydrogens is 378 g/mol. The molecule has 0 saturated heterocycles. The van der Waals surface area contributed by atoms with Gasteiger partial charge in [-0.25, -0.2) is 0 Å². The molecule has 1 N–H and O–H groups in total. The van der Waals surface area contributed by atoms with Gasteiger partial charge in [-0.15, -0.1) is 11.3 Å². The fourth-order valence-corrected chi connectivity index (χ4v) is 3.59. The quantitative estimate of drug-likeness (QED) is 0.823. The van der Waals surface area contributed by atoms with Gasteiger partial charge in [0.2, 0.25) is 0 Å². The number of aryl methyl sites for hydroxylation is 1. The molecule has 0 fully saturated rings. The summed E-state index contributed by atoms with van der Waals surface area (Å²) < 4.78 is 1.73. The van der Waals surface area contributed by atoms with Crippen molar-refractivity contribution in [3.63, 3.8) is 0 Å². The lowest BCUT2D eigenvalue weighted by Gasteiger charge is -2.07. The van der Waals surface area contributed by atoms with E-state index in [1.54, 1.807) is 17.4 Å². The molecule has 0 bridgehead atoms. The van der Waals surface area contributed by atoms with Crippen molar-refractivity contribution in [2.75, 3.05) is 0 Å². The van der Waals surface area contributed by atoms with E-state index in [4.69, 9.17) is 0 Å². The summed E-state index contributed by atoms with van der Waals surface area (Å²) in [5.74, 6) is -0.0674. The fourth-order valence-electron chi connectivity index (χ4n) is 1.51. The molecule has 0 aliphatic carbocycles. The molecule has 0 atom stereocenters. The lowest BCUT2D eigenvalue weighted by molar-refractivity contribution is 0.0950. The lowest BCUT2D eigenvalue weighted by atomic mass is 10.2. The van der Waals surface area contributed by atoms with Crippen LogP contribution in [0.25, 0.3) is 0 Å². The third kappa shape index (κ3) is 3.22. The number of carbonyl (C=O) groups excluding carboxylic acids is 1. The zero-order valence-corrected chi connectivity index (χ0v) is 13.7. The number of amides is 1. The number of thiophene rings is 1. The third-order valence-electron chi connectivity index (χ3n) is 2.55. The zero-order valence-electron chi connectivity index (χ0n) is 9.67. The van der Waals surface area contributed by atoms with Gasteiger partial charge in [-0.2, -0.15) is 0 Å². The standard InChI is InChI=1S/C13H11Br2NOS/c1-8-4-5-18-12(8)7-16-13(17)10-3-2-9(14)6-11(10)15/h2-6H,7H2,1H3,(H,16,17). The average Bonchev–Trinajstić information content (AvgIpc) is 2.72. The number of benzene rings is 1. The van der Waals surface area contributed by atoms with Crippen molar-refractivity contribution in [2.24, 2.45) is 0 Å². The molecule has 5 heteroatoms. The first-order valence-electron chi connectivity index (χ1n) is 5.34. The predicted molar refractivity (Wildman–Crippen MR) is 82.1 cm³/mol. The third-order valence-corrected chi connectivity index (χ3v) is 4.73. The molecule has 1 heterocycles. The molecule has 2 aromatic rings. The summed E-state index contributed by atoms with van der Waals surface area (Å²) in [6.45, 7) is 2.62. The highest BCUT2D eigenvalue weighted by Crippen LogP contribution is 2.22. The first-order chi connectivity index (χ1) is 8.58. The van der Waals surface area contributed by atoms with Crippen LogP contribution in [0, 0.1) is 6.92 Å². The first-order valence-corrected chi connectivity index (χ1v) is 7.80. The first kappa shape index (κ1) is 13.8. The molecule has 1 amide bonds. The Morgan fingerprint density at radius 1 is 1.33 bits per heavy atom. The molecule has 0 aliphatic rings. The number of carbonyl (C=O) groups is 1. The molecule has 0 saturated carbocycles. The number of hydrogen-bond donors (Lipinski definition) is 1. The maximum absolute atomic E-state index is 12.0. The van der Waals surface area contributed by atoms with Crippen LogP contribution in [-0.2, 0) is 6.54 Å². The lowest BCUT2D eigenvalue weighted by Crippen LogP contribution is -2.23. The zero-order chi connectivity index (χ0) is 13.1. The minimum atomic E-state index is -0.0674. The number of rotatable bonds is 3. The van der Waals surface area contributed by atoms with Crippen molar-refractivity contribution in [1.29, 1.82) is 0 Å². The Morgan fingerprint density at radius 2 is 2.11 bits per heavy atom. The van der Waals surface area contributed by atoms with Crippen molar-refractivity contribution in [1.82, 2.24) is 5.32 Å². The van der Waals surface area contributed by atoms with E-state index in [-0.39, 0.29) is 5.91 Å². The van der Waals surface area contributed by atoms with Gasteiger partial charge >= 0.3 is 0 Å². The smallest absolute Gasteiger partial charge is 0.252 e. The van der Waals surface area contributed by atoms with E-state index >= 15 is 0 Å². The van der Waals surface area contributed by atoms with E-state index in [0.29, 0.717) is 12.1 Å². The largest absolute Gasteiger partial charge is 0.347 e. The van der Waals surface area contributed by atoms with E-state index in [2.05, 4.69) is 43.2 Å². The topological polar surface area (TPSA) is 29.1 Å². The number of nitrogens with one attached hydrogen (secondary N) is 1. The van der Waals surface area contributed by atoms with E-state index in [1.807, 2.05) is 24.4 Å². The van der Waals surface area contributed by atoms with Crippen molar-refractivity contribution in [2.45, 2.75) is 13.5 Å². The van der Waals surface area contributed by atoms with Gasteiger partial charge in [-0.05, 0) is 58.1 Å². The minimum Gasteiger partial charge on any atom is -0.347 e. The highest BCUT2D eigenvalue weighted by Gasteiger charge is 2.10. The van der Waals surface area contributed by atoms with Crippen LogP contribution in [0.1, 0.15) is 20.8 Å². The van der Waals surface area contributed by atoms with Crippen LogP contribution < -0.4 is 5.32 Å². The van der Waals surface area contributed by atoms with Gasteiger partial charge in [0.25, 0.3) is 5.91 Å². The SMILES string of the molecule is Cc1ccsc1CNC(=O)c1ccc(Br)cc1Br. The Bertz CT molecular complexity index is 580. The highest BCUT2D eigenvalue weighted by atomic mass is 79.9. The van der Waals surface area contributed by atoms with Gasteiger partial charge in [0, 0.05) is 13.8 Å². The molecule has 0 unspecified atom stereocenters. The molecule has 0 spiro atoms. The highest BCUT2D eigenvalue weighted by molar-refractivity contribution is 9.11. The van der Waals surface area contributed by atoms with Crippen molar-refractivity contribution < 1.29 is 4.79 Å². The van der Waals surface area contributed by atoms with Crippen LogP contribution in [0.4, 0.5) is 0 Å². The predicted octanol–water partition coefficient (Wildman–Crippen LogP) is 4.51. The van der Waals surface area contributed by atoms with E-state index < -0.39 is 0 Å². The minimum absolute atomic E-state index is 0.0674. The van der Waals surface area contributed by atoms with Gasteiger partial charge in [-0.3, -0.25) is 4.79 Å². The van der Waals surface area contributed by atoms with Crippen LogP contribution in [-0.4, -0.2) is 5.91 Å². The van der Waals surface area contributed by atoms with Crippen LogP contribution in [0.3, 0.4) is 0 Å². The number of halogens is 2.